The quantitative estimate of drug-likeness (QED) is 0.123. The van der Waals surface area contributed by atoms with Crippen LogP contribution in [-0.4, -0.2) is 60.4 Å². The van der Waals surface area contributed by atoms with Gasteiger partial charge >= 0.3 is 27.4 Å². The van der Waals surface area contributed by atoms with Gasteiger partial charge in [-0.1, -0.05) is 11.8 Å². The molecule has 2 aliphatic heterocycles. The SMILES string of the molecule is CC#CC#CC#CC#CC#CC#CC#CC#CC(=O)OCC1COP(=O)(O)C1.CC#CC#CC#CC#CC#CC#CC#CC#CC(=O)OCC1COP(=O)(O)O1.[HH].[HH].[HH].[HH].[HH].[HH].[HH].[HH].[HH].[HH].[HH].[HH].[HH].[HH].[HH].[HH].[HH].[HH].[HH].[HH].[HH].[HH].[HH].[HH].[HH].[HH].[HH].[HH].[HH].[HH]. The number of rotatable bonds is 4. The van der Waals surface area contributed by atoms with Crippen molar-refractivity contribution in [3.05, 3.63) is 0 Å². The molecule has 0 spiro atoms. The van der Waals surface area contributed by atoms with E-state index in [1.54, 1.807) is 13.8 Å². The summed E-state index contributed by atoms with van der Waals surface area (Å²) in [5.41, 5.74) is 0. The van der Waals surface area contributed by atoms with Crippen molar-refractivity contribution in [2.45, 2.75) is 20.0 Å². The molecule has 0 aromatic rings. The zero-order chi connectivity index (χ0) is 41.0. The van der Waals surface area contributed by atoms with Crippen molar-refractivity contribution in [2.24, 2.45) is 5.92 Å². The Kier molecular flexibility index (Phi) is 24.5. The summed E-state index contributed by atoms with van der Waals surface area (Å²) in [6.45, 7) is 2.98. The van der Waals surface area contributed by atoms with Crippen LogP contribution in [-0.2, 0) is 41.8 Å². The molecule has 0 bridgehead atoms. The second kappa shape index (κ2) is 29.7. The molecule has 4 atom stereocenters. The van der Waals surface area contributed by atoms with Crippen molar-refractivity contribution in [1.29, 1.82) is 0 Å². The Balaban J connectivity index is -0.0000000193. The third-order valence-corrected chi connectivity index (χ3v) is 7.33. The second-order valence-electron chi connectivity index (χ2n) is 8.92. The van der Waals surface area contributed by atoms with Gasteiger partial charge in [0, 0.05) is 60.6 Å². The number of phosphoric ester groups is 1. The fourth-order valence-electron chi connectivity index (χ4n) is 2.73. The lowest BCUT2D eigenvalue weighted by Gasteiger charge is -2.05. The maximum absolute atomic E-state index is 11.4. The molecule has 328 valence electrons. The van der Waals surface area contributed by atoms with E-state index in [9.17, 15) is 23.6 Å². The Morgan fingerprint density at radius 3 is 1.18 bits per heavy atom. The lowest BCUT2D eigenvalue weighted by molar-refractivity contribution is -0.139. The molecule has 2 fully saturated rings. The molecule has 56 heavy (non-hydrogen) atoms. The molecule has 0 radical (unpaired) electrons. The molecule has 2 rings (SSSR count). The number of hydrogen-bond acceptors (Lipinski definition) is 9. The van der Waals surface area contributed by atoms with E-state index in [1.165, 1.54) is 0 Å². The molecule has 2 aliphatic rings. The highest BCUT2D eigenvalue weighted by Crippen LogP contribution is 2.50. The number of ether oxygens (including phenoxy) is 2. The van der Waals surface area contributed by atoms with E-state index >= 15 is 0 Å². The van der Waals surface area contributed by atoms with E-state index in [-0.39, 0.29) is 81.3 Å². The molecule has 0 aromatic carbocycles. The van der Waals surface area contributed by atoms with Crippen molar-refractivity contribution in [3.8, 4) is 189 Å². The number of carbonyl (C=O) groups is 2. The van der Waals surface area contributed by atoms with Gasteiger partial charge in [-0.2, -0.15) is 0 Å². The maximum atomic E-state index is 11.4. The van der Waals surface area contributed by atoms with Crippen LogP contribution in [0, 0.1) is 195 Å². The Hall–Kier alpha value is -7.84. The monoisotopic (exact) mass is 835 g/mol. The zero-order valence-corrected chi connectivity index (χ0v) is 30.9. The first kappa shape index (κ1) is 46.2. The highest BCUT2D eigenvalue weighted by molar-refractivity contribution is 7.53. The Morgan fingerprint density at radius 2 is 0.875 bits per heavy atom. The molecule has 11 nitrogen and oxygen atoms in total. The van der Waals surface area contributed by atoms with E-state index in [1.807, 2.05) is 0 Å². The second-order valence-corrected chi connectivity index (χ2v) is 12.2. The van der Waals surface area contributed by atoms with Crippen LogP contribution in [0.2, 0.25) is 0 Å². The minimum absolute atomic E-state index is 0. The van der Waals surface area contributed by atoms with Gasteiger partial charge in [-0.15, -0.1) is 0 Å². The van der Waals surface area contributed by atoms with E-state index < -0.39 is 33.5 Å². The predicted molar refractivity (Wildman–Crippen MR) is 266 cm³/mol. The third-order valence-electron chi connectivity index (χ3n) is 4.76. The summed E-state index contributed by atoms with van der Waals surface area (Å²) < 4.78 is 45.5. The molecule has 2 heterocycles. The number of phosphoric acid groups is 1. The van der Waals surface area contributed by atoms with Crippen LogP contribution in [0.5, 0.6) is 0 Å². The standard InChI is InChI=1S/C22H11O5P.C21H9O6P.30H2/c1-2-3-4-5-6-7-8-9-10-11-12-13-14-15-16-17-22(23)26-18-21-19-27-28(24,25)20-21;1-2-3-4-5-6-7-8-9-10-11-12-13-14-15-16-17-21(22)25-18-20-19-26-28(23,24)27-20;;;;;;;;;;;;;;;;;;;;;;;;;;;;;;/h21H,18-20H2,1H3,(H,24,25);20H,18-19H2,1H3,(H,23,24);30*1H. The summed E-state index contributed by atoms with van der Waals surface area (Å²) in [6.07, 6.45) is -0.849. The van der Waals surface area contributed by atoms with Gasteiger partial charge in [0.15, 0.2) is 0 Å². The molecule has 0 aliphatic carbocycles. The number of hydrogen-bond donors (Lipinski definition) is 2. The van der Waals surface area contributed by atoms with E-state index in [2.05, 4.69) is 203 Å². The zero-order valence-electron chi connectivity index (χ0n) is 29.2. The van der Waals surface area contributed by atoms with Crippen LogP contribution in [0.15, 0.2) is 0 Å². The minimum Gasteiger partial charge on any atom is -0.456 e. The van der Waals surface area contributed by atoms with Crippen molar-refractivity contribution in [3.63, 3.8) is 0 Å². The first-order valence-electron chi connectivity index (χ1n) is 14.9. The average Bonchev–Trinajstić information content (AvgIpc) is 3.72. The molecule has 0 aromatic heterocycles. The molecule has 4 unspecified atom stereocenters. The number of carbonyl (C=O) groups excluding carboxylic acids is 2. The van der Waals surface area contributed by atoms with Gasteiger partial charge in [0.05, 0.1) is 26.0 Å². The Bertz CT molecular complexity index is 2600. The van der Waals surface area contributed by atoms with Gasteiger partial charge in [-0.25, -0.2) is 14.2 Å². The van der Waals surface area contributed by atoms with Crippen molar-refractivity contribution in [2.75, 3.05) is 32.6 Å². The van der Waals surface area contributed by atoms with Crippen LogP contribution < -0.4 is 0 Å². The van der Waals surface area contributed by atoms with Crippen LogP contribution in [0.4, 0.5) is 0 Å². The maximum Gasteiger partial charge on any atom is 0.472 e. The van der Waals surface area contributed by atoms with Crippen LogP contribution in [0.1, 0.15) is 56.6 Å². The fourth-order valence-corrected chi connectivity index (χ4v) is 5.06. The third kappa shape index (κ3) is 27.8. The molecule has 2 saturated heterocycles. The summed E-state index contributed by atoms with van der Waals surface area (Å²) in [6, 6.07) is 0. The van der Waals surface area contributed by atoms with E-state index in [0.29, 0.717) is 0 Å². The summed E-state index contributed by atoms with van der Waals surface area (Å²) in [5.74, 6) is 75.7. The first-order chi connectivity index (χ1) is 27.1. The van der Waals surface area contributed by atoms with Crippen molar-refractivity contribution >= 4 is 27.4 Å². The lowest BCUT2D eigenvalue weighted by atomic mass is 10.2. The molecule has 2 N–H and O–H groups in total. The van der Waals surface area contributed by atoms with Gasteiger partial charge in [0.2, 0.25) is 0 Å². The molecular formula is C43H80O11P2. The molecule has 0 saturated carbocycles. The smallest absolute Gasteiger partial charge is 0.456 e. The highest BCUT2D eigenvalue weighted by Gasteiger charge is 2.36. The van der Waals surface area contributed by atoms with Crippen LogP contribution in [0.3, 0.4) is 0 Å². The van der Waals surface area contributed by atoms with Crippen LogP contribution >= 0.6 is 15.4 Å². The first-order valence-corrected chi connectivity index (χ1v) is 18.1. The summed E-state index contributed by atoms with van der Waals surface area (Å²) >= 11 is 0. The molecular weight excluding hydrogens is 754 g/mol. The highest BCUT2D eigenvalue weighted by atomic mass is 31.2. The summed E-state index contributed by atoms with van der Waals surface area (Å²) in [4.78, 5) is 40.8. The van der Waals surface area contributed by atoms with Gasteiger partial charge in [0.25, 0.3) is 0 Å². The number of esters is 2. The summed E-state index contributed by atoms with van der Waals surface area (Å²) in [5, 5.41) is 0. The average molecular weight is 835 g/mol. The van der Waals surface area contributed by atoms with Gasteiger partial charge in [-0.3, -0.25) is 13.6 Å². The van der Waals surface area contributed by atoms with Crippen molar-refractivity contribution < 1.29 is 94.4 Å². The fraction of sp³-hybridized carbons (Fsp3) is 0.209. The largest absolute Gasteiger partial charge is 0.472 e. The van der Waals surface area contributed by atoms with Crippen molar-refractivity contribution in [1.82, 2.24) is 0 Å². The lowest BCUT2D eigenvalue weighted by Crippen LogP contribution is -2.19. The Morgan fingerprint density at radius 1 is 0.536 bits per heavy atom. The van der Waals surface area contributed by atoms with E-state index in [4.69, 9.17) is 14.4 Å². The predicted octanol–water partition coefficient (Wildman–Crippen LogP) is 7.88. The van der Waals surface area contributed by atoms with Gasteiger partial charge < -0.3 is 23.8 Å². The van der Waals surface area contributed by atoms with Crippen LogP contribution in [0.25, 0.3) is 0 Å². The topological polar surface area (TPSA) is 155 Å². The Labute approximate surface area is 370 Å². The van der Waals surface area contributed by atoms with E-state index in [0.717, 1.165) is 0 Å². The van der Waals surface area contributed by atoms with Gasteiger partial charge in [-0.05, 0) is 180 Å². The van der Waals surface area contributed by atoms with Gasteiger partial charge in [0.1, 0.15) is 12.7 Å². The minimum atomic E-state index is -4.01. The molecule has 0 amide bonds. The summed E-state index contributed by atoms with van der Waals surface area (Å²) in [7, 11) is -7.53. The normalized spacial score (nSPS) is 17.3. The molecule has 13 heteroatoms.